The molecule has 0 radical (unpaired) electrons. The monoisotopic (exact) mass is 814 g/mol. The van der Waals surface area contributed by atoms with E-state index >= 15 is 0 Å². The molecule has 1 amide bonds. The summed E-state index contributed by atoms with van der Waals surface area (Å²) in [6.07, 6.45) is -0.763. The summed E-state index contributed by atoms with van der Waals surface area (Å²) in [5.74, 6) is -1.13. The molecule has 21 heteroatoms. The molecule has 0 saturated heterocycles. The smallest absolute Gasteiger partial charge is 0.417 e. The Bertz CT molecular complexity index is 2770. The Balaban J connectivity index is 0.000000168. The van der Waals surface area contributed by atoms with Crippen molar-refractivity contribution in [1.29, 1.82) is 0 Å². The van der Waals surface area contributed by atoms with Gasteiger partial charge in [-0.3, -0.25) is 14.8 Å². The number of aryl methyl sites for hydroxylation is 2. The number of halogens is 6. The molecule has 8 rings (SSSR count). The van der Waals surface area contributed by atoms with Crippen LogP contribution in [0, 0.1) is 13.8 Å². The number of aromatic carboxylic acids is 1. The van der Waals surface area contributed by atoms with E-state index in [1.807, 2.05) is 0 Å². The van der Waals surface area contributed by atoms with Gasteiger partial charge in [0.1, 0.15) is 11.5 Å². The Morgan fingerprint density at radius 3 is 1.56 bits per heavy atom. The van der Waals surface area contributed by atoms with Gasteiger partial charge >= 0.3 is 18.3 Å². The number of hydrogen-bond donors (Lipinski definition) is 3. The highest BCUT2D eigenvalue weighted by Gasteiger charge is 2.34. The van der Waals surface area contributed by atoms with Crippen molar-refractivity contribution < 1.29 is 41.0 Å². The van der Waals surface area contributed by atoms with Crippen LogP contribution < -0.4 is 11.1 Å². The number of nitrogens with one attached hydrogen (secondary N) is 1. The molecule has 0 unspecified atom stereocenters. The first-order valence-corrected chi connectivity index (χ1v) is 16.9. The second kappa shape index (κ2) is 16.7. The number of nitrogen functional groups attached to an aromatic ring is 1. The van der Waals surface area contributed by atoms with Gasteiger partial charge in [-0.05, 0) is 50.2 Å². The van der Waals surface area contributed by atoms with Crippen LogP contribution in [-0.2, 0) is 12.4 Å². The van der Waals surface area contributed by atoms with E-state index in [-0.39, 0.29) is 45.5 Å². The first kappa shape index (κ1) is 40.8. The zero-order valence-corrected chi connectivity index (χ0v) is 30.5. The van der Waals surface area contributed by atoms with Gasteiger partial charge < -0.3 is 16.2 Å². The summed E-state index contributed by atoms with van der Waals surface area (Å²) in [6, 6.07) is 16.5. The highest BCUT2D eigenvalue weighted by atomic mass is 19.4. The minimum Gasteiger partial charge on any atom is -0.476 e. The second-order valence-corrected chi connectivity index (χ2v) is 12.2. The number of carboxylic acids is 1. The lowest BCUT2D eigenvalue weighted by Gasteiger charge is -2.12. The van der Waals surface area contributed by atoms with Crippen molar-refractivity contribution in [2.45, 2.75) is 26.2 Å². The van der Waals surface area contributed by atoms with Crippen LogP contribution in [0.25, 0.3) is 33.8 Å². The molecule has 4 N–H and O–H groups in total. The number of anilines is 2. The molecule has 15 nitrogen and oxygen atoms in total. The maximum atomic E-state index is 13.3. The SMILES string of the molecule is Cc1cnc(C(=O)Nc2cnc3ccc(-c4ccccc4C(F)(F)F)nn23)cn1.Cc1cnc(C(=O)O)cn1.Nc1cnc2ccc(-c3ccccc3C(F)(F)F)nn12. The van der Waals surface area contributed by atoms with Gasteiger partial charge in [-0.15, -0.1) is 0 Å². The normalized spacial score (nSPS) is 11.3. The topological polar surface area (TPSA) is 204 Å². The third kappa shape index (κ3) is 9.59. The van der Waals surface area contributed by atoms with Crippen LogP contribution in [0.4, 0.5) is 38.0 Å². The maximum Gasteiger partial charge on any atom is 0.417 e. The third-order valence-electron chi connectivity index (χ3n) is 8.02. The highest BCUT2D eigenvalue weighted by molar-refractivity contribution is 6.02. The fourth-order valence-corrected chi connectivity index (χ4v) is 5.24. The number of aromatic nitrogens is 10. The molecule has 0 saturated carbocycles. The number of amides is 1. The average molecular weight is 815 g/mol. The summed E-state index contributed by atoms with van der Waals surface area (Å²) in [7, 11) is 0. The number of fused-ring (bicyclic) bond motifs is 2. The lowest BCUT2D eigenvalue weighted by Crippen LogP contribution is -2.16. The molecule has 0 aliphatic carbocycles. The molecule has 6 heterocycles. The molecular weight excluding hydrogens is 786 g/mol. The lowest BCUT2D eigenvalue weighted by atomic mass is 10.0. The molecule has 8 aromatic rings. The van der Waals surface area contributed by atoms with Gasteiger partial charge in [0.25, 0.3) is 5.91 Å². The molecular formula is C38H28F6N12O3. The van der Waals surface area contributed by atoms with Gasteiger partial charge in [-0.2, -0.15) is 45.6 Å². The molecule has 0 atom stereocenters. The maximum absolute atomic E-state index is 13.3. The summed E-state index contributed by atoms with van der Waals surface area (Å²) in [5.41, 5.74) is 6.63. The summed E-state index contributed by atoms with van der Waals surface area (Å²) in [5, 5.41) is 19.3. The largest absolute Gasteiger partial charge is 0.476 e. The standard InChI is InChI=1S/C19H13F3N6O.C13H9F3N4.C6H6N2O2/c1-11-8-24-15(9-23-11)18(29)26-17-10-25-16-7-6-14(27-28(16)17)12-4-2-3-5-13(12)19(20,21)22;14-13(15,16)9-4-2-1-3-8(9)10-5-6-12-18-7-11(17)20(12)19-10;1-4-2-8-5(3-7-4)6(9)10/h2-10H,1H3,(H,26,29);1-7H,17H2;2-3H,1H3,(H,9,10). The van der Waals surface area contributed by atoms with E-state index in [0.717, 1.165) is 12.1 Å². The number of nitrogens with zero attached hydrogens (tertiary/aromatic N) is 10. The molecule has 0 aliphatic heterocycles. The summed E-state index contributed by atoms with van der Waals surface area (Å²) >= 11 is 0. The number of benzene rings is 2. The van der Waals surface area contributed by atoms with E-state index in [1.54, 1.807) is 19.9 Å². The Kier molecular flexibility index (Phi) is 11.6. The predicted molar refractivity (Wildman–Crippen MR) is 200 cm³/mol. The van der Waals surface area contributed by atoms with Crippen molar-refractivity contribution >= 4 is 34.8 Å². The van der Waals surface area contributed by atoms with Crippen LogP contribution in [0.5, 0.6) is 0 Å². The number of carboxylic acid groups (broad SMARTS) is 1. The quantitative estimate of drug-likeness (QED) is 0.147. The second-order valence-electron chi connectivity index (χ2n) is 12.2. The average Bonchev–Trinajstić information content (AvgIpc) is 3.79. The summed E-state index contributed by atoms with van der Waals surface area (Å²) in [4.78, 5) is 46.1. The van der Waals surface area contributed by atoms with E-state index in [9.17, 15) is 35.9 Å². The zero-order valence-electron chi connectivity index (χ0n) is 30.5. The highest BCUT2D eigenvalue weighted by Crippen LogP contribution is 2.37. The first-order valence-electron chi connectivity index (χ1n) is 16.9. The number of imidazole rings is 2. The van der Waals surface area contributed by atoms with Crippen molar-refractivity contribution in [2.75, 3.05) is 11.1 Å². The number of carbonyl (C=O) groups is 2. The zero-order chi connectivity index (χ0) is 42.5. The number of nitrogens with two attached hydrogens (primary N) is 1. The van der Waals surface area contributed by atoms with E-state index in [2.05, 4.69) is 45.4 Å². The first-order chi connectivity index (χ1) is 28.0. The van der Waals surface area contributed by atoms with Crippen LogP contribution in [0.1, 0.15) is 43.5 Å². The minimum atomic E-state index is -4.52. The van der Waals surface area contributed by atoms with Gasteiger partial charge in [0.15, 0.2) is 22.8 Å². The van der Waals surface area contributed by atoms with Crippen molar-refractivity contribution in [3.8, 4) is 22.5 Å². The Hall–Kier alpha value is -7.84. The fraction of sp³-hybridized carbons (Fsp3) is 0.105. The van der Waals surface area contributed by atoms with Crippen LogP contribution in [0.2, 0.25) is 0 Å². The van der Waals surface area contributed by atoms with Gasteiger partial charge in [0, 0.05) is 23.5 Å². The number of carbonyl (C=O) groups excluding carboxylic acids is 1. The number of rotatable bonds is 5. The van der Waals surface area contributed by atoms with Gasteiger partial charge in [-0.1, -0.05) is 36.4 Å². The molecule has 0 bridgehead atoms. The van der Waals surface area contributed by atoms with Crippen molar-refractivity contribution in [3.05, 3.63) is 144 Å². The van der Waals surface area contributed by atoms with Gasteiger partial charge in [0.2, 0.25) is 0 Å². The van der Waals surface area contributed by atoms with Crippen LogP contribution in [0.3, 0.4) is 0 Å². The van der Waals surface area contributed by atoms with Crippen molar-refractivity contribution in [3.63, 3.8) is 0 Å². The predicted octanol–water partition coefficient (Wildman–Crippen LogP) is 7.25. The fourth-order valence-electron chi connectivity index (χ4n) is 5.24. The van der Waals surface area contributed by atoms with Gasteiger partial charge in [0.05, 0.1) is 58.7 Å². The van der Waals surface area contributed by atoms with Crippen LogP contribution in [-0.4, -0.2) is 66.1 Å². The van der Waals surface area contributed by atoms with Crippen molar-refractivity contribution in [1.82, 2.24) is 49.1 Å². The lowest BCUT2D eigenvalue weighted by molar-refractivity contribution is -0.137. The molecule has 59 heavy (non-hydrogen) atoms. The molecule has 6 aromatic heterocycles. The minimum absolute atomic E-state index is 0.00926. The molecule has 2 aromatic carbocycles. The molecule has 0 spiro atoms. The van der Waals surface area contributed by atoms with Crippen molar-refractivity contribution in [2.24, 2.45) is 0 Å². The van der Waals surface area contributed by atoms with Gasteiger partial charge in [-0.25, -0.2) is 24.7 Å². The number of alkyl halides is 6. The number of hydrogen-bond acceptors (Lipinski definition) is 11. The van der Waals surface area contributed by atoms with E-state index in [4.69, 9.17) is 10.8 Å². The molecule has 300 valence electrons. The molecule has 0 aliphatic rings. The van der Waals surface area contributed by atoms with E-state index < -0.39 is 35.4 Å². The summed E-state index contributed by atoms with van der Waals surface area (Å²) < 4.78 is 81.6. The van der Waals surface area contributed by atoms with E-state index in [0.29, 0.717) is 22.7 Å². The Morgan fingerprint density at radius 2 is 1.07 bits per heavy atom. The summed E-state index contributed by atoms with van der Waals surface area (Å²) in [6.45, 7) is 3.49. The molecule has 0 fully saturated rings. The van der Waals surface area contributed by atoms with E-state index in [1.165, 1.54) is 101 Å². The Morgan fingerprint density at radius 1 is 0.593 bits per heavy atom. The Labute approximate surface area is 328 Å². The third-order valence-corrected chi connectivity index (χ3v) is 8.02. The van der Waals surface area contributed by atoms with Crippen LogP contribution >= 0.6 is 0 Å². The van der Waals surface area contributed by atoms with Crippen LogP contribution in [0.15, 0.2) is 110 Å².